The fourth-order valence-electron chi connectivity index (χ4n) is 1.77. The summed E-state index contributed by atoms with van der Waals surface area (Å²) in [5, 5.41) is 11.3. The zero-order chi connectivity index (χ0) is 16.8. The lowest BCUT2D eigenvalue weighted by Crippen LogP contribution is -2.50. The van der Waals surface area contributed by atoms with E-state index in [-0.39, 0.29) is 6.54 Å². The topological polar surface area (TPSA) is 107 Å². The number of hydrogen-bond acceptors (Lipinski definition) is 5. The minimum absolute atomic E-state index is 0.0941. The summed E-state index contributed by atoms with van der Waals surface area (Å²) in [5.41, 5.74) is 0.300. The number of sulfone groups is 1. The predicted molar refractivity (Wildman–Crippen MR) is 80.4 cm³/mol. The van der Waals surface area contributed by atoms with Crippen molar-refractivity contribution in [2.45, 2.75) is 13.0 Å². The van der Waals surface area contributed by atoms with Crippen LogP contribution in [0.1, 0.15) is 17.3 Å². The van der Waals surface area contributed by atoms with Crippen LogP contribution in [-0.4, -0.2) is 49.7 Å². The first-order chi connectivity index (χ1) is 10.3. The van der Waals surface area contributed by atoms with Gasteiger partial charge in [-0.2, -0.15) is 5.26 Å². The number of carbonyl (C=O) groups excluding carboxylic acids is 2. The van der Waals surface area contributed by atoms with Gasteiger partial charge in [0.2, 0.25) is 0 Å². The molecule has 0 aliphatic heterocycles. The Bertz CT molecular complexity index is 680. The highest BCUT2D eigenvalue weighted by Crippen LogP contribution is 2.03. The van der Waals surface area contributed by atoms with E-state index < -0.39 is 33.4 Å². The van der Waals surface area contributed by atoms with E-state index in [1.54, 1.807) is 43.4 Å². The summed E-state index contributed by atoms with van der Waals surface area (Å²) in [7, 11) is -3.52. The second-order valence-electron chi connectivity index (χ2n) is 4.67. The van der Waals surface area contributed by atoms with E-state index in [1.807, 2.05) is 0 Å². The van der Waals surface area contributed by atoms with Crippen molar-refractivity contribution >= 4 is 21.7 Å². The van der Waals surface area contributed by atoms with Crippen LogP contribution in [-0.2, 0) is 14.6 Å². The van der Waals surface area contributed by atoms with Crippen LogP contribution in [0.3, 0.4) is 0 Å². The third-order valence-corrected chi connectivity index (χ3v) is 3.75. The first kappa shape index (κ1) is 17.7. The van der Waals surface area contributed by atoms with Crippen molar-refractivity contribution in [3.63, 3.8) is 0 Å². The van der Waals surface area contributed by atoms with Gasteiger partial charge in [-0.1, -0.05) is 18.2 Å². The SMILES string of the molecule is CCN(C#N)C(=O)C(CS(C)(=O)=O)NC(=O)c1ccccc1. The van der Waals surface area contributed by atoms with Gasteiger partial charge in [-0.15, -0.1) is 0 Å². The van der Waals surface area contributed by atoms with Crippen LogP contribution < -0.4 is 5.32 Å². The lowest BCUT2D eigenvalue weighted by molar-refractivity contribution is -0.129. The molecule has 1 atom stereocenters. The van der Waals surface area contributed by atoms with Crippen molar-refractivity contribution < 1.29 is 18.0 Å². The third-order valence-electron chi connectivity index (χ3n) is 2.81. The molecule has 118 valence electrons. The van der Waals surface area contributed by atoms with Gasteiger partial charge in [-0.25, -0.2) is 13.3 Å². The monoisotopic (exact) mass is 323 g/mol. The van der Waals surface area contributed by atoms with Crippen LogP contribution in [0.2, 0.25) is 0 Å². The molecule has 0 saturated heterocycles. The molecule has 2 amide bonds. The predicted octanol–water partition coefficient (Wildman–Crippen LogP) is 0.159. The van der Waals surface area contributed by atoms with Crippen LogP contribution in [0.25, 0.3) is 0 Å². The minimum Gasteiger partial charge on any atom is -0.339 e. The Morgan fingerprint density at radius 1 is 1.32 bits per heavy atom. The Hall–Kier alpha value is -2.40. The molecule has 0 aliphatic rings. The number of carbonyl (C=O) groups is 2. The summed E-state index contributed by atoms with van der Waals surface area (Å²) in [6, 6.07) is 6.80. The number of rotatable bonds is 6. The van der Waals surface area contributed by atoms with Crippen LogP contribution in [0.4, 0.5) is 0 Å². The van der Waals surface area contributed by atoms with Gasteiger partial charge in [-0.05, 0) is 19.1 Å². The fraction of sp³-hybridized carbons (Fsp3) is 0.357. The quantitative estimate of drug-likeness (QED) is 0.592. The maximum Gasteiger partial charge on any atom is 0.259 e. The molecule has 0 bridgehead atoms. The molecule has 0 heterocycles. The Labute approximate surface area is 129 Å². The van der Waals surface area contributed by atoms with Gasteiger partial charge in [-0.3, -0.25) is 9.59 Å². The van der Waals surface area contributed by atoms with Gasteiger partial charge < -0.3 is 5.32 Å². The average molecular weight is 323 g/mol. The summed E-state index contributed by atoms with van der Waals surface area (Å²) in [6.07, 6.45) is 2.63. The smallest absolute Gasteiger partial charge is 0.259 e. The molecule has 1 unspecified atom stereocenters. The van der Waals surface area contributed by atoms with E-state index in [1.165, 1.54) is 0 Å². The van der Waals surface area contributed by atoms with E-state index in [0.29, 0.717) is 5.56 Å². The van der Waals surface area contributed by atoms with Gasteiger partial charge in [0.15, 0.2) is 6.19 Å². The molecule has 0 aliphatic carbocycles. The minimum atomic E-state index is -3.52. The van der Waals surface area contributed by atoms with Gasteiger partial charge in [0, 0.05) is 18.4 Å². The fourth-order valence-corrected chi connectivity index (χ4v) is 2.60. The third kappa shape index (κ3) is 5.18. The summed E-state index contributed by atoms with van der Waals surface area (Å²) in [4.78, 5) is 25.1. The number of nitrogens with one attached hydrogen (secondary N) is 1. The number of likely N-dealkylation sites (N-methyl/N-ethyl adjacent to an activating group) is 1. The average Bonchev–Trinajstić information content (AvgIpc) is 2.47. The highest BCUT2D eigenvalue weighted by molar-refractivity contribution is 7.90. The Morgan fingerprint density at radius 3 is 2.36 bits per heavy atom. The van der Waals surface area contributed by atoms with E-state index in [2.05, 4.69) is 5.32 Å². The van der Waals surface area contributed by atoms with Crippen LogP contribution in [0.15, 0.2) is 30.3 Å². The van der Waals surface area contributed by atoms with Gasteiger partial charge in [0.1, 0.15) is 15.9 Å². The number of benzene rings is 1. The van der Waals surface area contributed by atoms with Crippen molar-refractivity contribution in [1.29, 1.82) is 5.26 Å². The second-order valence-corrected chi connectivity index (χ2v) is 6.85. The molecule has 0 aromatic heterocycles. The maximum absolute atomic E-state index is 12.2. The molecule has 0 fully saturated rings. The van der Waals surface area contributed by atoms with Gasteiger partial charge in [0.05, 0.1) is 5.75 Å². The Morgan fingerprint density at radius 2 is 1.91 bits per heavy atom. The second kappa shape index (κ2) is 7.56. The molecule has 1 rings (SSSR count). The number of hydrogen-bond donors (Lipinski definition) is 1. The van der Waals surface area contributed by atoms with Gasteiger partial charge in [0.25, 0.3) is 11.8 Å². The molecule has 22 heavy (non-hydrogen) atoms. The lowest BCUT2D eigenvalue weighted by atomic mass is 10.2. The van der Waals surface area contributed by atoms with E-state index in [4.69, 9.17) is 5.26 Å². The normalized spacial score (nSPS) is 12.0. The van der Waals surface area contributed by atoms with E-state index in [9.17, 15) is 18.0 Å². The van der Waals surface area contributed by atoms with Gasteiger partial charge >= 0.3 is 0 Å². The molecule has 0 radical (unpaired) electrons. The Kier molecular flexibility index (Phi) is 6.07. The highest BCUT2D eigenvalue weighted by Gasteiger charge is 2.29. The number of nitrogens with zero attached hydrogens (tertiary/aromatic N) is 2. The van der Waals surface area contributed by atoms with E-state index in [0.717, 1.165) is 11.2 Å². The molecule has 8 heteroatoms. The van der Waals surface area contributed by atoms with Crippen molar-refractivity contribution in [1.82, 2.24) is 10.2 Å². The van der Waals surface area contributed by atoms with Crippen molar-refractivity contribution in [3.05, 3.63) is 35.9 Å². The number of nitriles is 1. The number of amides is 2. The molecule has 0 spiro atoms. The van der Waals surface area contributed by atoms with Crippen LogP contribution in [0.5, 0.6) is 0 Å². The molecule has 7 nitrogen and oxygen atoms in total. The zero-order valence-electron chi connectivity index (χ0n) is 12.3. The van der Waals surface area contributed by atoms with Crippen molar-refractivity contribution in [2.75, 3.05) is 18.6 Å². The zero-order valence-corrected chi connectivity index (χ0v) is 13.1. The van der Waals surface area contributed by atoms with E-state index >= 15 is 0 Å². The van der Waals surface area contributed by atoms with Crippen LogP contribution in [0, 0.1) is 11.5 Å². The largest absolute Gasteiger partial charge is 0.339 e. The molecular weight excluding hydrogens is 306 g/mol. The summed E-state index contributed by atoms with van der Waals surface area (Å²) in [6.45, 7) is 1.68. The molecule has 1 aromatic rings. The van der Waals surface area contributed by atoms with Crippen molar-refractivity contribution in [2.24, 2.45) is 0 Å². The summed E-state index contributed by atoms with van der Waals surface area (Å²) >= 11 is 0. The first-order valence-electron chi connectivity index (χ1n) is 6.53. The van der Waals surface area contributed by atoms with Crippen molar-refractivity contribution in [3.8, 4) is 6.19 Å². The standard InChI is InChI=1S/C14H17N3O4S/c1-3-17(10-15)14(19)12(9-22(2,20)21)16-13(18)11-7-5-4-6-8-11/h4-8,12H,3,9H2,1-2H3,(H,16,18). The lowest BCUT2D eigenvalue weighted by Gasteiger charge is -2.21. The maximum atomic E-state index is 12.2. The van der Waals surface area contributed by atoms with Crippen LogP contribution >= 0.6 is 0 Å². The summed E-state index contributed by atoms with van der Waals surface area (Å²) < 4.78 is 22.9. The highest BCUT2D eigenvalue weighted by atomic mass is 32.2. The summed E-state index contributed by atoms with van der Waals surface area (Å²) in [5.74, 6) is -1.89. The molecule has 1 N–H and O–H groups in total. The molecule has 1 aromatic carbocycles. The molecule has 0 saturated carbocycles. The first-order valence-corrected chi connectivity index (χ1v) is 8.59. The Balaban J connectivity index is 2.99. The molecular formula is C14H17N3O4S.